The Balaban J connectivity index is 5.51. The maximum Gasteiger partial charge on any atom is 0.155 e. The molecule has 0 fully saturated rings. The molecule has 0 saturated heterocycles. The average Bonchev–Trinajstić information content (AvgIpc) is 2.01. The van der Waals surface area contributed by atoms with Gasteiger partial charge in [0, 0.05) is 20.4 Å². The van der Waals surface area contributed by atoms with Crippen LogP contribution < -0.4 is 0 Å². The Hall–Kier alpha value is 0.358. The summed E-state index contributed by atoms with van der Waals surface area (Å²) in [6.07, 6.45) is 0. The number of hydrogen-bond acceptors (Lipinski definition) is 1. The summed E-state index contributed by atoms with van der Waals surface area (Å²) in [4.78, 5) is 0. The molecule has 0 radical (unpaired) electrons. The molecule has 0 heterocycles. The first-order chi connectivity index (χ1) is 6.31. The minimum atomic E-state index is -1.61. The summed E-state index contributed by atoms with van der Waals surface area (Å²) in [6, 6.07) is 0. The molecule has 0 N–H and O–H groups in total. The molecule has 88 valence electrons. The van der Waals surface area contributed by atoms with Crippen LogP contribution in [0, 0.1) is 11.0 Å². The predicted octanol–water partition coefficient (Wildman–Crippen LogP) is 3.75. The van der Waals surface area contributed by atoms with Gasteiger partial charge in [0.05, 0.1) is 7.11 Å². The number of nitriles is 1. The zero-order valence-electron chi connectivity index (χ0n) is 11.9. The van der Waals surface area contributed by atoms with Crippen molar-refractivity contribution in [2.45, 2.75) is 58.9 Å². The summed E-state index contributed by atoms with van der Waals surface area (Å²) in [5.41, 5.74) is 2.72. The van der Waals surface area contributed by atoms with Gasteiger partial charge in [0.25, 0.3) is 0 Å². The third-order valence-electron chi connectivity index (χ3n) is 5.28. The second kappa shape index (κ2) is 3.98. The molecule has 0 atom stereocenters. The Labute approximate surface area is 99.3 Å². The molecule has 0 bridgehead atoms. The van der Waals surface area contributed by atoms with E-state index in [4.69, 9.17) is 0 Å². The van der Waals surface area contributed by atoms with Gasteiger partial charge < -0.3 is 0 Å². The van der Waals surface area contributed by atoms with Gasteiger partial charge in [-0.2, -0.15) is 0 Å². The number of rotatable bonds is 3. The molecule has 0 aromatic carbocycles. The van der Waals surface area contributed by atoms with Gasteiger partial charge in [-0.05, 0) is 0 Å². The van der Waals surface area contributed by atoms with Crippen LogP contribution in [0.2, 0.25) is 58.9 Å². The second-order valence-electron chi connectivity index (χ2n) is 7.24. The summed E-state index contributed by atoms with van der Waals surface area (Å²) < 4.78 is 0. The van der Waals surface area contributed by atoms with E-state index in [1.54, 1.807) is 0 Å². The fraction of sp³-hybridized carbons (Fsp3) is 0.900. The van der Waals surface area contributed by atoms with Crippen LogP contribution in [0.3, 0.4) is 0 Å². The van der Waals surface area contributed by atoms with Crippen LogP contribution >= 0.6 is 0 Å². The molecular formula is C10H27NSi4. The van der Waals surface area contributed by atoms with Crippen LogP contribution in [0.25, 0.3) is 0 Å². The fourth-order valence-corrected chi connectivity index (χ4v) is 66.7. The quantitative estimate of drug-likeness (QED) is 0.719. The predicted molar refractivity (Wildman–Crippen MR) is 81.4 cm³/mol. The van der Waals surface area contributed by atoms with E-state index in [-0.39, 0.29) is 0 Å². The highest BCUT2D eigenvalue weighted by atomic mass is 29.8. The Kier molecular flexibility index (Phi) is 4.08. The van der Waals surface area contributed by atoms with Crippen molar-refractivity contribution in [1.29, 1.82) is 5.26 Å². The van der Waals surface area contributed by atoms with Crippen LogP contribution in [-0.2, 0) is 0 Å². The monoisotopic (exact) mass is 273 g/mol. The Morgan fingerprint density at radius 1 is 0.667 bits per heavy atom. The number of hydrogen-bond donors (Lipinski definition) is 0. The van der Waals surface area contributed by atoms with E-state index >= 15 is 0 Å². The first-order valence-electron chi connectivity index (χ1n) is 5.72. The molecule has 0 aliphatic carbocycles. The van der Waals surface area contributed by atoms with E-state index < -0.39 is 29.4 Å². The lowest BCUT2D eigenvalue weighted by Gasteiger charge is -2.51. The second-order valence-corrected chi connectivity index (χ2v) is 48.0. The fourth-order valence-electron chi connectivity index (χ4n) is 1.86. The molecule has 5 heteroatoms. The molecule has 0 aliphatic heterocycles. The summed E-state index contributed by atoms with van der Waals surface area (Å²) in [6.45, 7) is 22.3. The lowest BCUT2D eigenvalue weighted by molar-refractivity contribution is 1.54. The van der Waals surface area contributed by atoms with Gasteiger partial charge in [-0.3, -0.25) is 0 Å². The minimum absolute atomic E-state index is 1.06. The van der Waals surface area contributed by atoms with Crippen molar-refractivity contribution in [1.82, 2.24) is 0 Å². The van der Waals surface area contributed by atoms with Crippen LogP contribution in [0.5, 0.6) is 0 Å². The van der Waals surface area contributed by atoms with Crippen LogP contribution in [0.15, 0.2) is 0 Å². The van der Waals surface area contributed by atoms with Crippen molar-refractivity contribution in [3.8, 4) is 5.69 Å². The van der Waals surface area contributed by atoms with Crippen molar-refractivity contribution in [3.05, 3.63) is 0 Å². The molecule has 0 aliphatic rings. The van der Waals surface area contributed by atoms with Gasteiger partial charge in [0.1, 0.15) is 0 Å². The third kappa shape index (κ3) is 2.38. The lowest BCUT2D eigenvalue weighted by atomic mass is 11.7. The molecule has 0 unspecified atom stereocenters. The van der Waals surface area contributed by atoms with E-state index in [0.717, 1.165) is 0 Å². The molecule has 0 aromatic heterocycles. The molecule has 0 amide bonds. The standard InChI is InChI=1S/C10H27NSi4/c1-12(2,3)14(6,7)15(8,9)13(4,5)10-11/h1-9H3. The van der Waals surface area contributed by atoms with E-state index in [9.17, 15) is 5.26 Å². The van der Waals surface area contributed by atoms with Crippen LogP contribution in [-0.4, -0.2) is 29.4 Å². The summed E-state index contributed by atoms with van der Waals surface area (Å²) >= 11 is 0. The normalized spacial score (nSPS) is 14.9. The van der Waals surface area contributed by atoms with E-state index in [1.807, 2.05) is 0 Å². The summed E-state index contributed by atoms with van der Waals surface area (Å²) in [5.74, 6) is 0. The Morgan fingerprint density at radius 2 is 1.00 bits per heavy atom. The van der Waals surface area contributed by atoms with Gasteiger partial charge in [-0.15, -0.1) is 0 Å². The Morgan fingerprint density at radius 3 is 1.20 bits per heavy atom. The molecule has 15 heavy (non-hydrogen) atoms. The van der Waals surface area contributed by atoms with Gasteiger partial charge in [0.15, 0.2) is 7.59 Å². The molecular weight excluding hydrogens is 246 g/mol. The highest BCUT2D eigenvalue weighted by Gasteiger charge is 2.57. The van der Waals surface area contributed by atoms with Crippen molar-refractivity contribution >= 4 is 29.4 Å². The Bertz CT molecular complexity index is 281. The van der Waals surface area contributed by atoms with Gasteiger partial charge in [0.2, 0.25) is 0 Å². The van der Waals surface area contributed by atoms with Crippen LogP contribution in [0.4, 0.5) is 0 Å². The average molecular weight is 274 g/mol. The van der Waals surface area contributed by atoms with Gasteiger partial charge >= 0.3 is 0 Å². The molecule has 0 rings (SSSR count). The third-order valence-corrected chi connectivity index (χ3v) is 72.0. The van der Waals surface area contributed by atoms with Crippen molar-refractivity contribution < 1.29 is 0 Å². The highest BCUT2D eigenvalue weighted by molar-refractivity contribution is 7.83. The topological polar surface area (TPSA) is 23.8 Å². The minimum Gasteiger partial charge on any atom is -0.207 e. The SMILES string of the molecule is C[Si](C)(C)[Si](C)(C)[Si](C)(C)[Si](C)(C)C#N. The summed E-state index contributed by atoms with van der Waals surface area (Å²) in [5, 5.41) is 9.44. The molecule has 0 spiro atoms. The van der Waals surface area contributed by atoms with Gasteiger partial charge in [-0.1, -0.05) is 58.9 Å². The van der Waals surface area contributed by atoms with E-state index in [2.05, 4.69) is 64.6 Å². The van der Waals surface area contributed by atoms with Crippen molar-refractivity contribution in [2.24, 2.45) is 0 Å². The molecule has 1 nitrogen and oxygen atoms in total. The zero-order chi connectivity index (χ0) is 12.7. The maximum atomic E-state index is 9.44. The first-order valence-corrected chi connectivity index (χ1v) is 21.2. The first kappa shape index (κ1) is 15.4. The van der Waals surface area contributed by atoms with Gasteiger partial charge in [-0.25, -0.2) is 5.26 Å². The highest BCUT2D eigenvalue weighted by Crippen LogP contribution is 2.34. The largest absolute Gasteiger partial charge is 0.207 e. The molecule has 0 aromatic rings. The molecule has 0 saturated carbocycles. The van der Waals surface area contributed by atoms with Crippen LogP contribution in [0.1, 0.15) is 0 Å². The van der Waals surface area contributed by atoms with E-state index in [1.165, 1.54) is 0 Å². The summed E-state index contributed by atoms with van der Waals surface area (Å²) in [7, 11) is -5.16. The number of nitrogens with zero attached hydrogens (tertiary/aromatic N) is 1. The van der Waals surface area contributed by atoms with E-state index in [0.29, 0.717) is 0 Å². The lowest BCUT2D eigenvalue weighted by Crippen LogP contribution is -2.78. The smallest absolute Gasteiger partial charge is 0.155 e. The zero-order valence-corrected chi connectivity index (χ0v) is 15.9. The van der Waals surface area contributed by atoms with Crippen molar-refractivity contribution in [2.75, 3.05) is 0 Å². The van der Waals surface area contributed by atoms with Crippen molar-refractivity contribution in [3.63, 3.8) is 0 Å². The maximum absolute atomic E-state index is 9.44.